The maximum atomic E-state index is 11.0. The van der Waals surface area contributed by atoms with Crippen LogP contribution in [0.5, 0.6) is 11.5 Å². The van der Waals surface area contributed by atoms with E-state index in [-0.39, 0.29) is 17.3 Å². The van der Waals surface area contributed by atoms with E-state index in [9.17, 15) is 14.7 Å². The van der Waals surface area contributed by atoms with Crippen LogP contribution in [0.4, 0.5) is 5.82 Å². The molecule has 0 aliphatic heterocycles. The van der Waals surface area contributed by atoms with Crippen molar-refractivity contribution < 1.29 is 10.2 Å². The molecule has 0 atom stereocenters. The second-order valence-electron chi connectivity index (χ2n) is 3.47. The number of rotatable bonds is 2. The van der Waals surface area contributed by atoms with E-state index in [4.69, 9.17) is 5.11 Å². The van der Waals surface area contributed by atoms with E-state index in [2.05, 4.69) is 9.98 Å². The molecule has 1 aromatic carbocycles. The van der Waals surface area contributed by atoms with Gasteiger partial charge in [0.2, 0.25) is 0 Å². The minimum absolute atomic E-state index is 0.0659. The third kappa shape index (κ3) is 2.64. The van der Waals surface area contributed by atoms with Crippen LogP contribution in [0.1, 0.15) is 5.56 Å². The molecule has 0 spiro atoms. The van der Waals surface area contributed by atoms with Crippen LogP contribution >= 0.6 is 0 Å². The zero-order valence-electron chi connectivity index (χ0n) is 9.04. The summed E-state index contributed by atoms with van der Waals surface area (Å²) in [6, 6.07) is 5.08. The predicted octanol–water partition coefficient (Wildman–Crippen LogP) is 0.225. The van der Waals surface area contributed by atoms with Crippen molar-refractivity contribution in [2.24, 2.45) is 4.99 Å². The van der Waals surface area contributed by atoms with Gasteiger partial charge < -0.3 is 10.2 Å². The van der Waals surface area contributed by atoms with Gasteiger partial charge in [0.05, 0.1) is 0 Å². The zero-order valence-corrected chi connectivity index (χ0v) is 9.04. The Morgan fingerprint density at radius 2 is 1.89 bits per heavy atom. The number of hydrogen-bond donors (Lipinski definition) is 4. The first-order valence-electron chi connectivity index (χ1n) is 4.94. The number of H-pyrrole nitrogens is 2. The Morgan fingerprint density at radius 1 is 1.11 bits per heavy atom. The summed E-state index contributed by atoms with van der Waals surface area (Å²) in [5, 5.41) is 18.6. The fourth-order valence-electron chi connectivity index (χ4n) is 1.31. The molecule has 4 N–H and O–H groups in total. The minimum atomic E-state index is -0.662. The standard InChI is InChI=1S/C11H9N3O4/c15-7-2-1-6(8(16)3-7)5-12-9-4-10(17)14-11(18)13-9/h1-5,15-16H,(H2,13,14,17,18)/b12-5+. The monoisotopic (exact) mass is 247 g/mol. The molecule has 7 nitrogen and oxygen atoms in total. The quantitative estimate of drug-likeness (QED) is 0.568. The second-order valence-corrected chi connectivity index (χ2v) is 3.47. The van der Waals surface area contributed by atoms with E-state index in [1.54, 1.807) is 0 Å². The molecule has 0 fully saturated rings. The number of aromatic amines is 2. The van der Waals surface area contributed by atoms with Gasteiger partial charge in [-0.15, -0.1) is 0 Å². The molecule has 0 bridgehead atoms. The Balaban J connectivity index is 2.35. The molecule has 18 heavy (non-hydrogen) atoms. The van der Waals surface area contributed by atoms with E-state index in [0.29, 0.717) is 5.56 Å². The molecule has 0 amide bonds. The molecule has 0 aliphatic carbocycles. The highest BCUT2D eigenvalue weighted by molar-refractivity contribution is 5.85. The largest absolute Gasteiger partial charge is 0.508 e. The lowest BCUT2D eigenvalue weighted by Crippen LogP contribution is -2.20. The first-order valence-corrected chi connectivity index (χ1v) is 4.94. The molecule has 2 aromatic rings. The van der Waals surface area contributed by atoms with E-state index < -0.39 is 11.2 Å². The Kier molecular flexibility index (Phi) is 2.96. The second kappa shape index (κ2) is 4.58. The Morgan fingerprint density at radius 3 is 2.56 bits per heavy atom. The van der Waals surface area contributed by atoms with Crippen LogP contribution in [-0.4, -0.2) is 26.4 Å². The topological polar surface area (TPSA) is 119 Å². The Bertz CT molecular complexity index is 686. The molecule has 0 unspecified atom stereocenters. The van der Waals surface area contributed by atoms with Crippen molar-refractivity contribution in [3.63, 3.8) is 0 Å². The molecule has 1 heterocycles. The van der Waals surface area contributed by atoms with Gasteiger partial charge in [-0.3, -0.25) is 14.8 Å². The van der Waals surface area contributed by atoms with Crippen molar-refractivity contribution in [1.29, 1.82) is 0 Å². The number of phenols is 2. The number of aliphatic imine (C=N–C) groups is 1. The van der Waals surface area contributed by atoms with Gasteiger partial charge >= 0.3 is 5.69 Å². The van der Waals surface area contributed by atoms with Gasteiger partial charge in [-0.05, 0) is 12.1 Å². The van der Waals surface area contributed by atoms with Crippen LogP contribution in [0.3, 0.4) is 0 Å². The molecular weight excluding hydrogens is 238 g/mol. The van der Waals surface area contributed by atoms with Crippen LogP contribution < -0.4 is 11.2 Å². The van der Waals surface area contributed by atoms with Gasteiger partial charge in [0.1, 0.15) is 17.3 Å². The fourth-order valence-corrected chi connectivity index (χ4v) is 1.31. The normalized spacial score (nSPS) is 10.9. The van der Waals surface area contributed by atoms with Gasteiger partial charge in [-0.2, -0.15) is 0 Å². The van der Waals surface area contributed by atoms with Crippen LogP contribution in [-0.2, 0) is 0 Å². The molecule has 0 saturated carbocycles. The predicted molar refractivity (Wildman–Crippen MR) is 64.7 cm³/mol. The summed E-state index contributed by atoms with van der Waals surface area (Å²) < 4.78 is 0. The molecule has 0 aliphatic rings. The third-order valence-corrected chi connectivity index (χ3v) is 2.10. The van der Waals surface area contributed by atoms with Gasteiger partial charge in [-0.1, -0.05) is 0 Å². The summed E-state index contributed by atoms with van der Waals surface area (Å²) >= 11 is 0. The fraction of sp³-hybridized carbons (Fsp3) is 0. The summed E-state index contributed by atoms with van der Waals surface area (Å²) in [7, 11) is 0. The summed E-state index contributed by atoms with van der Waals surface area (Å²) in [6.07, 6.45) is 1.26. The van der Waals surface area contributed by atoms with Gasteiger partial charge in [0.15, 0.2) is 0 Å². The number of hydrogen-bond acceptors (Lipinski definition) is 5. The molecule has 2 rings (SSSR count). The maximum absolute atomic E-state index is 11.0. The van der Waals surface area contributed by atoms with E-state index in [0.717, 1.165) is 12.1 Å². The third-order valence-electron chi connectivity index (χ3n) is 2.10. The lowest BCUT2D eigenvalue weighted by atomic mass is 10.2. The van der Waals surface area contributed by atoms with Crippen LogP contribution in [0, 0.1) is 0 Å². The van der Waals surface area contributed by atoms with Crippen molar-refractivity contribution in [1.82, 2.24) is 9.97 Å². The van der Waals surface area contributed by atoms with Crippen molar-refractivity contribution in [3.8, 4) is 11.5 Å². The van der Waals surface area contributed by atoms with Crippen LogP contribution in [0.25, 0.3) is 0 Å². The highest BCUT2D eigenvalue weighted by Crippen LogP contribution is 2.21. The lowest BCUT2D eigenvalue weighted by molar-refractivity contribution is 0.450. The summed E-state index contributed by atoms with van der Waals surface area (Å²) in [5.41, 5.74) is -0.890. The Hall–Kier alpha value is -2.83. The molecule has 1 aromatic heterocycles. The first kappa shape index (κ1) is 11.6. The van der Waals surface area contributed by atoms with Crippen LogP contribution in [0.2, 0.25) is 0 Å². The van der Waals surface area contributed by atoms with Crippen molar-refractivity contribution in [2.75, 3.05) is 0 Å². The first-order chi connectivity index (χ1) is 8.54. The van der Waals surface area contributed by atoms with E-state index in [1.165, 1.54) is 18.3 Å². The molecule has 92 valence electrons. The average Bonchev–Trinajstić information content (AvgIpc) is 2.26. The molecule has 0 radical (unpaired) electrons. The number of aromatic nitrogens is 2. The molecular formula is C11H9N3O4. The SMILES string of the molecule is O=c1cc(/N=C/c2ccc(O)cc2O)[nH]c(=O)[nH]1. The smallest absolute Gasteiger partial charge is 0.327 e. The zero-order chi connectivity index (χ0) is 13.1. The molecule has 7 heteroatoms. The number of nitrogens with one attached hydrogen (secondary N) is 2. The highest BCUT2D eigenvalue weighted by Gasteiger charge is 1.99. The maximum Gasteiger partial charge on any atom is 0.327 e. The summed E-state index contributed by atoms with van der Waals surface area (Å²) in [6.45, 7) is 0. The van der Waals surface area contributed by atoms with Crippen molar-refractivity contribution in [2.45, 2.75) is 0 Å². The van der Waals surface area contributed by atoms with E-state index in [1.807, 2.05) is 4.98 Å². The van der Waals surface area contributed by atoms with E-state index >= 15 is 0 Å². The average molecular weight is 247 g/mol. The van der Waals surface area contributed by atoms with Gasteiger partial charge in [0, 0.05) is 23.9 Å². The van der Waals surface area contributed by atoms with Crippen LogP contribution in [0.15, 0.2) is 38.8 Å². The number of aromatic hydroxyl groups is 2. The van der Waals surface area contributed by atoms with Gasteiger partial charge in [-0.25, -0.2) is 9.79 Å². The molecule has 0 saturated heterocycles. The Labute approximate surface area is 100 Å². The minimum Gasteiger partial charge on any atom is -0.508 e. The van der Waals surface area contributed by atoms with Crippen molar-refractivity contribution >= 4 is 12.0 Å². The number of phenolic OH excluding ortho intramolecular Hbond substituents is 2. The summed E-state index contributed by atoms with van der Waals surface area (Å²) in [4.78, 5) is 30.1. The van der Waals surface area contributed by atoms with Crippen molar-refractivity contribution in [3.05, 3.63) is 50.7 Å². The van der Waals surface area contributed by atoms with Gasteiger partial charge in [0.25, 0.3) is 5.56 Å². The lowest BCUT2D eigenvalue weighted by Gasteiger charge is -1.98. The number of benzene rings is 1. The number of nitrogens with zero attached hydrogens (tertiary/aromatic N) is 1. The summed E-state index contributed by atoms with van der Waals surface area (Å²) in [5.74, 6) is -0.170. The highest BCUT2D eigenvalue weighted by atomic mass is 16.3.